The molecule has 1 aromatic heterocycles. The topological polar surface area (TPSA) is 85.9 Å². The SMILES string of the molecule is Cn1cnnc1CCNCc1cc(Br)cc([N+](=O)[O-])c1. The van der Waals surface area contributed by atoms with Gasteiger partial charge in [-0.25, -0.2) is 0 Å². The summed E-state index contributed by atoms with van der Waals surface area (Å²) in [6.45, 7) is 1.30. The summed E-state index contributed by atoms with van der Waals surface area (Å²) in [6, 6.07) is 4.92. The van der Waals surface area contributed by atoms with Gasteiger partial charge in [-0.2, -0.15) is 0 Å². The molecule has 1 heterocycles. The van der Waals surface area contributed by atoms with Crippen molar-refractivity contribution in [2.75, 3.05) is 6.54 Å². The summed E-state index contributed by atoms with van der Waals surface area (Å²) in [5, 5.41) is 21.8. The Morgan fingerprint density at radius 1 is 1.45 bits per heavy atom. The molecule has 0 amide bonds. The van der Waals surface area contributed by atoms with Crippen LogP contribution in [0.15, 0.2) is 29.0 Å². The lowest BCUT2D eigenvalue weighted by Gasteiger charge is -2.05. The van der Waals surface area contributed by atoms with Gasteiger partial charge in [0.05, 0.1) is 4.92 Å². The van der Waals surface area contributed by atoms with Gasteiger partial charge in [-0.05, 0) is 11.6 Å². The Morgan fingerprint density at radius 2 is 2.25 bits per heavy atom. The minimum Gasteiger partial charge on any atom is -0.321 e. The van der Waals surface area contributed by atoms with Gasteiger partial charge in [0, 0.05) is 43.2 Å². The van der Waals surface area contributed by atoms with Crippen LogP contribution in [0.4, 0.5) is 5.69 Å². The lowest BCUT2D eigenvalue weighted by molar-refractivity contribution is -0.385. The van der Waals surface area contributed by atoms with Crippen molar-refractivity contribution in [3.8, 4) is 0 Å². The molecule has 0 unspecified atom stereocenters. The second kappa shape index (κ2) is 6.58. The van der Waals surface area contributed by atoms with Gasteiger partial charge in [-0.3, -0.25) is 10.1 Å². The maximum absolute atomic E-state index is 10.8. The Kier molecular flexibility index (Phi) is 4.80. The van der Waals surface area contributed by atoms with Crippen molar-refractivity contribution >= 4 is 21.6 Å². The number of hydrogen-bond acceptors (Lipinski definition) is 5. The Bertz CT molecular complexity index is 614. The van der Waals surface area contributed by atoms with Crippen molar-refractivity contribution < 1.29 is 4.92 Å². The van der Waals surface area contributed by atoms with Crippen LogP contribution >= 0.6 is 15.9 Å². The second-order valence-corrected chi connectivity index (χ2v) is 5.28. The molecule has 0 aliphatic rings. The molecule has 0 atom stereocenters. The number of aryl methyl sites for hydroxylation is 1. The molecule has 0 spiro atoms. The standard InChI is InChI=1S/C12H14BrN5O2/c1-17-8-15-16-12(17)2-3-14-7-9-4-10(13)6-11(5-9)18(19)20/h4-6,8,14H,2-3,7H2,1H3. The van der Waals surface area contributed by atoms with Gasteiger partial charge < -0.3 is 9.88 Å². The summed E-state index contributed by atoms with van der Waals surface area (Å²) in [5.74, 6) is 0.901. The van der Waals surface area contributed by atoms with Crippen LogP contribution in [-0.2, 0) is 20.0 Å². The second-order valence-electron chi connectivity index (χ2n) is 4.36. The molecule has 1 N–H and O–H groups in total. The van der Waals surface area contributed by atoms with E-state index < -0.39 is 4.92 Å². The minimum atomic E-state index is -0.395. The van der Waals surface area contributed by atoms with E-state index in [1.807, 2.05) is 17.7 Å². The first-order chi connectivity index (χ1) is 9.56. The van der Waals surface area contributed by atoms with Gasteiger partial charge in [0.25, 0.3) is 5.69 Å². The van der Waals surface area contributed by atoms with E-state index in [0.29, 0.717) is 11.0 Å². The number of halogens is 1. The quantitative estimate of drug-likeness (QED) is 0.492. The number of hydrogen-bond donors (Lipinski definition) is 1. The van der Waals surface area contributed by atoms with Crippen LogP contribution in [-0.4, -0.2) is 26.2 Å². The molecule has 0 saturated heterocycles. The summed E-state index contributed by atoms with van der Waals surface area (Å²) in [5.41, 5.74) is 0.952. The van der Waals surface area contributed by atoms with Crippen molar-refractivity contribution in [2.24, 2.45) is 7.05 Å². The molecule has 106 valence electrons. The average molecular weight is 340 g/mol. The first-order valence-corrected chi connectivity index (χ1v) is 6.83. The van der Waals surface area contributed by atoms with Gasteiger partial charge in [-0.1, -0.05) is 15.9 Å². The molecule has 7 nitrogen and oxygen atoms in total. The Labute approximate surface area is 124 Å². The predicted molar refractivity (Wildman–Crippen MR) is 77.2 cm³/mol. The summed E-state index contributed by atoms with van der Waals surface area (Å²) >= 11 is 3.28. The molecular formula is C12H14BrN5O2. The molecule has 0 aliphatic carbocycles. The van der Waals surface area contributed by atoms with E-state index in [1.54, 1.807) is 12.4 Å². The number of nitro groups is 1. The van der Waals surface area contributed by atoms with Gasteiger partial charge in [0.15, 0.2) is 0 Å². The van der Waals surface area contributed by atoms with E-state index in [1.165, 1.54) is 6.07 Å². The lowest BCUT2D eigenvalue weighted by Crippen LogP contribution is -2.18. The van der Waals surface area contributed by atoms with Crippen LogP contribution in [0.1, 0.15) is 11.4 Å². The molecule has 2 rings (SSSR count). The highest BCUT2D eigenvalue weighted by atomic mass is 79.9. The molecule has 8 heteroatoms. The zero-order valence-corrected chi connectivity index (χ0v) is 12.5. The van der Waals surface area contributed by atoms with Gasteiger partial charge in [0.1, 0.15) is 12.2 Å². The monoisotopic (exact) mass is 339 g/mol. The van der Waals surface area contributed by atoms with Crippen LogP contribution in [0, 0.1) is 10.1 Å². The number of benzene rings is 1. The third kappa shape index (κ3) is 3.84. The van der Waals surface area contributed by atoms with E-state index in [2.05, 4.69) is 31.4 Å². The summed E-state index contributed by atoms with van der Waals surface area (Å²) in [7, 11) is 1.90. The average Bonchev–Trinajstić information content (AvgIpc) is 2.80. The number of non-ortho nitro benzene ring substituents is 1. The summed E-state index contributed by atoms with van der Waals surface area (Å²) in [4.78, 5) is 10.4. The Hall–Kier alpha value is -1.80. The van der Waals surface area contributed by atoms with Gasteiger partial charge in [-0.15, -0.1) is 10.2 Å². The van der Waals surface area contributed by atoms with Crippen LogP contribution in [0.2, 0.25) is 0 Å². The predicted octanol–water partition coefficient (Wildman–Crippen LogP) is 1.82. The normalized spacial score (nSPS) is 10.7. The smallest absolute Gasteiger partial charge is 0.270 e. The molecule has 0 radical (unpaired) electrons. The number of nitro benzene ring substituents is 1. The molecular weight excluding hydrogens is 326 g/mol. The third-order valence-corrected chi connectivity index (χ3v) is 3.27. The highest BCUT2D eigenvalue weighted by Crippen LogP contribution is 2.21. The largest absolute Gasteiger partial charge is 0.321 e. The molecule has 1 aromatic carbocycles. The van der Waals surface area contributed by atoms with Crippen LogP contribution < -0.4 is 5.32 Å². The van der Waals surface area contributed by atoms with Crippen molar-refractivity contribution in [2.45, 2.75) is 13.0 Å². The number of aromatic nitrogens is 3. The fraction of sp³-hybridized carbons (Fsp3) is 0.333. The lowest BCUT2D eigenvalue weighted by atomic mass is 10.2. The molecule has 0 bridgehead atoms. The van der Waals surface area contributed by atoms with Crippen LogP contribution in [0.3, 0.4) is 0 Å². The van der Waals surface area contributed by atoms with Gasteiger partial charge >= 0.3 is 0 Å². The van der Waals surface area contributed by atoms with Gasteiger partial charge in [0.2, 0.25) is 0 Å². The highest BCUT2D eigenvalue weighted by molar-refractivity contribution is 9.10. The first-order valence-electron chi connectivity index (χ1n) is 6.03. The number of rotatable bonds is 6. The van der Waals surface area contributed by atoms with E-state index >= 15 is 0 Å². The molecule has 0 saturated carbocycles. The Balaban J connectivity index is 1.88. The number of nitrogens with zero attached hydrogens (tertiary/aromatic N) is 4. The zero-order chi connectivity index (χ0) is 14.5. The fourth-order valence-electron chi connectivity index (χ4n) is 1.81. The Morgan fingerprint density at radius 3 is 2.90 bits per heavy atom. The van der Waals surface area contributed by atoms with Crippen molar-refractivity contribution in [3.63, 3.8) is 0 Å². The highest BCUT2D eigenvalue weighted by Gasteiger charge is 2.08. The number of nitrogens with one attached hydrogen (secondary N) is 1. The summed E-state index contributed by atoms with van der Waals surface area (Å²) < 4.78 is 2.57. The molecule has 0 fully saturated rings. The maximum atomic E-state index is 10.8. The van der Waals surface area contributed by atoms with E-state index in [4.69, 9.17) is 0 Å². The molecule has 20 heavy (non-hydrogen) atoms. The van der Waals surface area contributed by atoms with E-state index in [-0.39, 0.29) is 5.69 Å². The van der Waals surface area contributed by atoms with Crippen molar-refractivity contribution in [1.29, 1.82) is 0 Å². The zero-order valence-electron chi connectivity index (χ0n) is 10.9. The third-order valence-electron chi connectivity index (χ3n) is 2.81. The first kappa shape index (κ1) is 14.6. The van der Waals surface area contributed by atoms with Crippen molar-refractivity contribution in [1.82, 2.24) is 20.1 Å². The van der Waals surface area contributed by atoms with Crippen molar-refractivity contribution in [3.05, 3.63) is 50.5 Å². The maximum Gasteiger partial charge on any atom is 0.270 e. The van der Waals surface area contributed by atoms with E-state index in [0.717, 1.165) is 24.4 Å². The fourth-order valence-corrected chi connectivity index (χ4v) is 2.34. The van der Waals surface area contributed by atoms with Crippen LogP contribution in [0.5, 0.6) is 0 Å². The minimum absolute atomic E-state index is 0.0875. The van der Waals surface area contributed by atoms with Crippen LogP contribution in [0.25, 0.3) is 0 Å². The summed E-state index contributed by atoms with van der Waals surface area (Å²) in [6.07, 6.45) is 2.42. The molecule has 0 aliphatic heterocycles. The van der Waals surface area contributed by atoms with E-state index in [9.17, 15) is 10.1 Å². The molecule has 2 aromatic rings.